The number of methoxy groups -OCH3 is 2. The van der Waals surface area contributed by atoms with Crippen molar-refractivity contribution < 1.29 is 27.4 Å². The summed E-state index contributed by atoms with van der Waals surface area (Å²) in [5, 5.41) is 0. The third-order valence-corrected chi connectivity index (χ3v) is 2.33. The van der Waals surface area contributed by atoms with Gasteiger partial charge in [0.2, 0.25) is 5.75 Å². The molecule has 0 fully saturated rings. The van der Waals surface area contributed by atoms with E-state index in [1.165, 1.54) is 14.2 Å². The molecule has 0 aromatic heterocycles. The van der Waals surface area contributed by atoms with Gasteiger partial charge in [0.1, 0.15) is 0 Å². The van der Waals surface area contributed by atoms with Crippen LogP contribution >= 0.6 is 12.4 Å². The van der Waals surface area contributed by atoms with Crippen molar-refractivity contribution in [3.8, 4) is 17.2 Å². The highest BCUT2D eigenvalue weighted by Gasteiger charge is 2.30. The summed E-state index contributed by atoms with van der Waals surface area (Å²) >= 11 is 0. The molecular formula is C12H17ClF3NO3. The Morgan fingerprint density at radius 1 is 1.10 bits per heavy atom. The number of ether oxygens (including phenoxy) is 3. The van der Waals surface area contributed by atoms with Crippen molar-refractivity contribution >= 4 is 12.4 Å². The van der Waals surface area contributed by atoms with E-state index in [4.69, 9.17) is 19.9 Å². The van der Waals surface area contributed by atoms with Crippen LogP contribution in [0.3, 0.4) is 0 Å². The molecule has 0 atom stereocenters. The molecule has 1 rings (SSSR count). The molecule has 0 aliphatic heterocycles. The molecule has 0 bridgehead atoms. The molecule has 0 heterocycles. The summed E-state index contributed by atoms with van der Waals surface area (Å²) in [5.41, 5.74) is 6.24. The number of alkyl halides is 3. The van der Waals surface area contributed by atoms with Gasteiger partial charge in [0, 0.05) is 0 Å². The Hall–Kier alpha value is -1.34. The maximum absolute atomic E-state index is 12.2. The Labute approximate surface area is 121 Å². The smallest absolute Gasteiger partial charge is 0.422 e. The van der Waals surface area contributed by atoms with Gasteiger partial charge in [-0.05, 0) is 30.7 Å². The minimum Gasteiger partial charge on any atom is -0.493 e. The van der Waals surface area contributed by atoms with Crippen LogP contribution in [0, 0.1) is 0 Å². The van der Waals surface area contributed by atoms with Crippen molar-refractivity contribution in [1.29, 1.82) is 0 Å². The predicted molar refractivity (Wildman–Crippen MR) is 71.1 cm³/mol. The quantitative estimate of drug-likeness (QED) is 0.876. The molecule has 4 nitrogen and oxygen atoms in total. The third kappa shape index (κ3) is 5.34. The van der Waals surface area contributed by atoms with E-state index in [0.717, 1.165) is 5.56 Å². The average Bonchev–Trinajstić information content (AvgIpc) is 2.35. The van der Waals surface area contributed by atoms with Gasteiger partial charge >= 0.3 is 6.18 Å². The molecule has 116 valence electrons. The summed E-state index contributed by atoms with van der Waals surface area (Å²) < 4.78 is 51.4. The highest BCUT2D eigenvalue weighted by atomic mass is 35.5. The molecule has 1 aromatic carbocycles. The minimum absolute atomic E-state index is 0. The summed E-state index contributed by atoms with van der Waals surface area (Å²) in [6, 6.07) is 3.17. The molecule has 0 saturated carbocycles. The van der Waals surface area contributed by atoms with E-state index in [1.807, 2.05) is 0 Å². The first-order chi connectivity index (χ1) is 8.91. The lowest BCUT2D eigenvalue weighted by Gasteiger charge is -2.16. The van der Waals surface area contributed by atoms with E-state index in [9.17, 15) is 13.2 Å². The number of hydrogen-bond donors (Lipinski definition) is 1. The summed E-state index contributed by atoms with van der Waals surface area (Å²) in [5.74, 6) is 0.308. The molecule has 0 aliphatic carbocycles. The van der Waals surface area contributed by atoms with Crippen LogP contribution in [0.25, 0.3) is 0 Å². The number of benzene rings is 1. The second kappa shape index (κ2) is 8.06. The van der Waals surface area contributed by atoms with E-state index in [-0.39, 0.29) is 29.7 Å². The van der Waals surface area contributed by atoms with Gasteiger partial charge in [-0.1, -0.05) is 0 Å². The van der Waals surface area contributed by atoms with Gasteiger partial charge in [-0.15, -0.1) is 12.4 Å². The van der Waals surface area contributed by atoms with Gasteiger partial charge in [0.25, 0.3) is 0 Å². The zero-order valence-electron chi connectivity index (χ0n) is 11.1. The normalized spacial score (nSPS) is 10.7. The first kappa shape index (κ1) is 18.7. The molecular weight excluding hydrogens is 299 g/mol. The molecule has 0 radical (unpaired) electrons. The van der Waals surface area contributed by atoms with Crippen molar-refractivity contribution in [2.45, 2.75) is 12.6 Å². The van der Waals surface area contributed by atoms with Gasteiger partial charge < -0.3 is 19.9 Å². The fourth-order valence-electron chi connectivity index (χ4n) is 1.54. The molecule has 8 heteroatoms. The second-order valence-electron chi connectivity index (χ2n) is 3.77. The van der Waals surface area contributed by atoms with E-state index in [2.05, 4.69) is 0 Å². The largest absolute Gasteiger partial charge is 0.493 e. The summed E-state index contributed by atoms with van der Waals surface area (Å²) in [6.45, 7) is -0.995. The van der Waals surface area contributed by atoms with Crippen molar-refractivity contribution in [3.05, 3.63) is 17.7 Å². The lowest BCUT2D eigenvalue weighted by atomic mass is 10.1. The minimum atomic E-state index is -4.42. The third-order valence-electron chi connectivity index (χ3n) is 2.33. The molecule has 0 aliphatic rings. The van der Waals surface area contributed by atoms with Crippen molar-refractivity contribution in [3.63, 3.8) is 0 Å². The molecule has 20 heavy (non-hydrogen) atoms. The predicted octanol–water partition coefficient (Wildman–Crippen LogP) is 2.57. The number of hydrogen-bond acceptors (Lipinski definition) is 4. The Bertz CT molecular complexity index is 402. The summed E-state index contributed by atoms with van der Waals surface area (Å²) in [4.78, 5) is 0. The van der Waals surface area contributed by atoms with E-state index >= 15 is 0 Å². The van der Waals surface area contributed by atoms with Crippen LogP contribution in [0.2, 0.25) is 0 Å². The summed E-state index contributed by atoms with van der Waals surface area (Å²) in [6.07, 6.45) is -3.86. The van der Waals surface area contributed by atoms with Gasteiger partial charge in [-0.3, -0.25) is 0 Å². The molecule has 2 N–H and O–H groups in total. The fraction of sp³-hybridized carbons (Fsp3) is 0.500. The standard InChI is InChI=1S/C12H16F3NO3.ClH/c1-17-9-5-8(3-4-16)6-10(18-2)11(9)19-7-12(13,14)15;/h5-6H,3-4,7,16H2,1-2H3;1H. The van der Waals surface area contributed by atoms with Crippen LogP contribution in [-0.4, -0.2) is 33.5 Å². The fourth-order valence-corrected chi connectivity index (χ4v) is 1.54. The van der Waals surface area contributed by atoms with Crippen molar-refractivity contribution in [2.24, 2.45) is 5.73 Å². The lowest BCUT2D eigenvalue weighted by Crippen LogP contribution is -2.19. The monoisotopic (exact) mass is 315 g/mol. The van der Waals surface area contributed by atoms with Crippen molar-refractivity contribution in [1.82, 2.24) is 0 Å². The maximum Gasteiger partial charge on any atom is 0.422 e. The molecule has 0 spiro atoms. The lowest BCUT2D eigenvalue weighted by molar-refractivity contribution is -0.153. The van der Waals surface area contributed by atoms with E-state index in [1.54, 1.807) is 12.1 Å². The maximum atomic E-state index is 12.2. The second-order valence-corrected chi connectivity index (χ2v) is 3.77. The van der Waals surface area contributed by atoms with Crippen LogP contribution < -0.4 is 19.9 Å². The molecule has 0 unspecified atom stereocenters. The highest BCUT2D eigenvalue weighted by Crippen LogP contribution is 2.39. The number of nitrogens with two attached hydrogens (primary N) is 1. The van der Waals surface area contributed by atoms with Gasteiger partial charge in [-0.2, -0.15) is 13.2 Å². The van der Waals surface area contributed by atoms with E-state index in [0.29, 0.717) is 13.0 Å². The molecule has 0 amide bonds. The first-order valence-corrected chi connectivity index (χ1v) is 5.55. The first-order valence-electron chi connectivity index (χ1n) is 5.55. The van der Waals surface area contributed by atoms with Crippen LogP contribution in [-0.2, 0) is 6.42 Å². The molecule has 0 saturated heterocycles. The van der Waals surface area contributed by atoms with Gasteiger partial charge in [-0.25, -0.2) is 0 Å². The zero-order chi connectivity index (χ0) is 14.5. The number of halogens is 4. The Kier molecular flexibility index (Phi) is 7.52. The average molecular weight is 316 g/mol. The highest BCUT2D eigenvalue weighted by molar-refractivity contribution is 5.85. The van der Waals surface area contributed by atoms with Gasteiger partial charge in [0.05, 0.1) is 14.2 Å². The van der Waals surface area contributed by atoms with Crippen LogP contribution in [0.15, 0.2) is 12.1 Å². The van der Waals surface area contributed by atoms with Crippen LogP contribution in [0.1, 0.15) is 5.56 Å². The summed E-state index contributed by atoms with van der Waals surface area (Å²) in [7, 11) is 2.70. The Morgan fingerprint density at radius 3 is 1.95 bits per heavy atom. The topological polar surface area (TPSA) is 53.7 Å². The van der Waals surface area contributed by atoms with Crippen molar-refractivity contribution in [2.75, 3.05) is 27.4 Å². The number of rotatable bonds is 6. The zero-order valence-corrected chi connectivity index (χ0v) is 11.9. The molecule has 1 aromatic rings. The van der Waals surface area contributed by atoms with Crippen LogP contribution in [0.4, 0.5) is 13.2 Å². The van der Waals surface area contributed by atoms with E-state index < -0.39 is 12.8 Å². The van der Waals surface area contributed by atoms with Gasteiger partial charge in [0.15, 0.2) is 18.1 Å². The Balaban J connectivity index is 0.00000361. The SMILES string of the molecule is COc1cc(CCN)cc(OC)c1OCC(F)(F)F.Cl. The Morgan fingerprint density at radius 2 is 1.60 bits per heavy atom. The van der Waals surface area contributed by atoms with Crippen LogP contribution in [0.5, 0.6) is 17.2 Å².